The number of aromatic nitrogens is 1. The van der Waals surface area contributed by atoms with Crippen molar-refractivity contribution >= 4 is 39.3 Å². The molecule has 0 bridgehead atoms. The first-order chi connectivity index (χ1) is 15.0. The molecule has 0 radical (unpaired) electrons. The number of hydrogen-bond acceptors (Lipinski definition) is 3. The Morgan fingerprint density at radius 2 is 1.52 bits per heavy atom. The first kappa shape index (κ1) is 20.3. The lowest BCUT2D eigenvalue weighted by molar-refractivity contribution is -0.116. The standard InChI is InChI=1S/C25H23N3O3/c1-3-26-25(31)17-13-12-16(2)20(14-17)27-23(29)15-28-21-10-6-4-8-18(21)24(30)19-9-5-7-11-22(19)28/h4-14H,3,15H2,1-2H3,(H,26,31)(H,27,29). The van der Waals surface area contributed by atoms with Crippen molar-refractivity contribution in [3.05, 3.63) is 88.1 Å². The number of hydrogen-bond donors (Lipinski definition) is 2. The van der Waals surface area contributed by atoms with Crippen molar-refractivity contribution in [2.75, 3.05) is 11.9 Å². The number of fused-ring (bicyclic) bond motifs is 2. The third kappa shape index (κ3) is 3.92. The van der Waals surface area contributed by atoms with Gasteiger partial charge in [0, 0.05) is 28.6 Å². The summed E-state index contributed by atoms with van der Waals surface area (Å²) in [5, 5.41) is 6.83. The number of anilines is 1. The second-order valence-electron chi connectivity index (χ2n) is 7.39. The summed E-state index contributed by atoms with van der Waals surface area (Å²) in [7, 11) is 0. The normalized spacial score (nSPS) is 10.9. The van der Waals surface area contributed by atoms with Crippen LogP contribution in [0.4, 0.5) is 5.69 Å². The van der Waals surface area contributed by atoms with Gasteiger partial charge in [-0.2, -0.15) is 0 Å². The van der Waals surface area contributed by atoms with Crippen LogP contribution in [0.3, 0.4) is 0 Å². The summed E-state index contributed by atoms with van der Waals surface area (Å²) in [5.41, 5.74) is 3.29. The van der Waals surface area contributed by atoms with Crippen LogP contribution in [0.25, 0.3) is 21.8 Å². The molecule has 6 heteroatoms. The zero-order valence-electron chi connectivity index (χ0n) is 17.4. The molecule has 31 heavy (non-hydrogen) atoms. The highest BCUT2D eigenvalue weighted by molar-refractivity contribution is 5.99. The van der Waals surface area contributed by atoms with E-state index in [2.05, 4.69) is 10.6 Å². The molecule has 0 unspecified atom stereocenters. The lowest BCUT2D eigenvalue weighted by Gasteiger charge is -2.16. The number of rotatable bonds is 5. The summed E-state index contributed by atoms with van der Waals surface area (Å²) in [6.45, 7) is 4.29. The molecule has 4 aromatic rings. The van der Waals surface area contributed by atoms with E-state index < -0.39 is 0 Å². The number of nitrogens with zero attached hydrogens (tertiary/aromatic N) is 1. The van der Waals surface area contributed by atoms with E-state index in [0.717, 1.165) is 5.56 Å². The molecule has 0 saturated carbocycles. The quantitative estimate of drug-likeness (QED) is 0.488. The molecule has 0 aliphatic heterocycles. The van der Waals surface area contributed by atoms with Gasteiger partial charge in [-0.05, 0) is 55.8 Å². The number of amides is 2. The predicted molar refractivity (Wildman–Crippen MR) is 124 cm³/mol. The molecular formula is C25H23N3O3. The largest absolute Gasteiger partial charge is 0.352 e. The number of aryl methyl sites for hydroxylation is 1. The molecule has 1 heterocycles. The molecule has 0 saturated heterocycles. The molecular weight excluding hydrogens is 390 g/mol. The fourth-order valence-corrected chi connectivity index (χ4v) is 3.74. The maximum Gasteiger partial charge on any atom is 0.251 e. The van der Waals surface area contributed by atoms with Gasteiger partial charge in [0.05, 0.1) is 11.0 Å². The van der Waals surface area contributed by atoms with Crippen molar-refractivity contribution in [3.8, 4) is 0 Å². The number of pyridine rings is 1. The Labute approximate surface area is 179 Å². The van der Waals surface area contributed by atoms with Gasteiger partial charge in [0.15, 0.2) is 5.43 Å². The van der Waals surface area contributed by atoms with Crippen LogP contribution < -0.4 is 16.1 Å². The number of para-hydroxylation sites is 2. The van der Waals surface area contributed by atoms with Gasteiger partial charge in [-0.25, -0.2) is 0 Å². The van der Waals surface area contributed by atoms with Gasteiger partial charge < -0.3 is 15.2 Å². The molecule has 3 aromatic carbocycles. The predicted octanol–water partition coefficient (Wildman–Crippen LogP) is 3.85. The fraction of sp³-hybridized carbons (Fsp3) is 0.160. The zero-order chi connectivity index (χ0) is 22.0. The van der Waals surface area contributed by atoms with Crippen LogP contribution in [0.2, 0.25) is 0 Å². The van der Waals surface area contributed by atoms with Gasteiger partial charge in [-0.15, -0.1) is 0 Å². The van der Waals surface area contributed by atoms with Crippen molar-refractivity contribution in [2.45, 2.75) is 20.4 Å². The highest BCUT2D eigenvalue weighted by atomic mass is 16.2. The van der Waals surface area contributed by atoms with E-state index in [1.54, 1.807) is 24.3 Å². The summed E-state index contributed by atoms with van der Waals surface area (Å²) < 4.78 is 1.85. The third-order valence-electron chi connectivity index (χ3n) is 5.29. The molecule has 0 aliphatic rings. The Morgan fingerprint density at radius 1 is 0.903 bits per heavy atom. The number of nitrogens with one attached hydrogen (secondary N) is 2. The van der Waals surface area contributed by atoms with Gasteiger partial charge in [-0.3, -0.25) is 14.4 Å². The van der Waals surface area contributed by atoms with Crippen LogP contribution in [-0.4, -0.2) is 22.9 Å². The maximum atomic E-state index is 13.0. The average Bonchev–Trinajstić information content (AvgIpc) is 2.78. The van der Waals surface area contributed by atoms with E-state index in [-0.39, 0.29) is 23.8 Å². The van der Waals surface area contributed by atoms with E-state index in [9.17, 15) is 14.4 Å². The summed E-state index contributed by atoms with van der Waals surface area (Å²) >= 11 is 0. The molecule has 2 amide bonds. The number of carbonyl (C=O) groups excluding carboxylic acids is 2. The van der Waals surface area contributed by atoms with Crippen LogP contribution in [0.5, 0.6) is 0 Å². The highest BCUT2D eigenvalue weighted by Crippen LogP contribution is 2.21. The second-order valence-corrected chi connectivity index (χ2v) is 7.39. The first-order valence-electron chi connectivity index (χ1n) is 10.2. The summed E-state index contributed by atoms with van der Waals surface area (Å²) in [6, 6.07) is 19.8. The van der Waals surface area contributed by atoms with Gasteiger partial charge in [0.25, 0.3) is 5.91 Å². The Balaban J connectivity index is 1.71. The highest BCUT2D eigenvalue weighted by Gasteiger charge is 2.14. The third-order valence-corrected chi connectivity index (χ3v) is 5.29. The van der Waals surface area contributed by atoms with Crippen LogP contribution in [0, 0.1) is 6.92 Å². The smallest absolute Gasteiger partial charge is 0.251 e. The van der Waals surface area contributed by atoms with E-state index in [1.165, 1.54) is 0 Å². The SMILES string of the molecule is CCNC(=O)c1ccc(C)c(NC(=O)Cn2c3ccccc3c(=O)c3ccccc32)c1. The minimum atomic E-state index is -0.241. The maximum absolute atomic E-state index is 13.0. The van der Waals surface area contributed by atoms with Crippen molar-refractivity contribution in [2.24, 2.45) is 0 Å². The van der Waals surface area contributed by atoms with Crippen LogP contribution >= 0.6 is 0 Å². The minimum Gasteiger partial charge on any atom is -0.352 e. The monoisotopic (exact) mass is 413 g/mol. The van der Waals surface area contributed by atoms with Crippen molar-refractivity contribution in [1.82, 2.24) is 9.88 Å². The molecule has 4 rings (SSSR count). The van der Waals surface area contributed by atoms with Crippen LogP contribution in [0.15, 0.2) is 71.5 Å². The lowest BCUT2D eigenvalue weighted by Crippen LogP contribution is -2.24. The molecule has 6 nitrogen and oxygen atoms in total. The lowest BCUT2D eigenvalue weighted by atomic mass is 10.1. The van der Waals surface area contributed by atoms with Crippen LogP contribution in [-0.2, 0) is 11.3 Å². The Morgan fingerprint density at radius 3 is 2.13 bits per heavy atom. The molecule has 0 spiro atoms. The molecule has 0 fully saturated rings. The Hall–Kier alpha value is -3.93. The molecule has 0 aliphatic carbocycles. The van der Waals surface area contributed by atoms with E-state index in [4.69, 9.17) is 0 Å². The van der Waals surface area contributed by atoms with Crippen molar-refractivity contribution < 1.29 is 9.59 Å². The summed E-state index contributed by atoms with van der Waals surface area (Å²) in [5.74, 6) is -0.425. The number of carbonyl (C=O) groups is 2. The topological polar surface area (TPSA) is 80.2 Å². The number of benzene rings is 3. The van der Waals surface area contributed by atoms with Gasteiger partial charge in [-0.1, -0.05) is 30.3 Å². The summed E-state index contributed by atoms with van der Waals surface area (Å²) in [6.07, 6.45) is 0. The van der Waals surface area contributed by atoms with Gasteiger partial charge >= 0.3 is 0 Å². The van der Waals surface area contributed by atoms with E-state index >= 15 is 0 Å². The van der Waals surface area contributed by atoms with E-state index in [0.29, 0.717) is 39.6 Å². The van der Waals surface area contributed by atoms with Crippen molar-refractivity contribution in [1.29, 1.82) is 0 Å². The Bertz CT molecular complexity index is 1310. The zero-order valence-corrected chi connectivity index (χ0v) is 17.4. The van der Waals surface area contributed by atoms with Gasteiger partial charge in [0.2, 0.25) is 5.91 Å². The van der Waals surface area contributed by atoms with E-state index in [1.807, 2.05) is 60.9 Å². The molecule has 1 aromatic heterocycles. The average molecular weight is 413 g/mol. The molecule has 2 N–H and O–H groups in total. The van der Waals surface area contributed by atoms with Crippen molar-refractivity contribution in [3.63, 3.8) is 0 Å². The second kappa shape index (κ2) is 8.44. The Kier molecular flexibility index (Phi) is 5.54. The minimum absolute atomic E-state index is 0.0339. The first-order valence-corrected chi connectivity index (χ1v) is 10.2. The summed E-state index contributed by atoms with van der Waals surface area (Å²) in [4.78, 5) is 38.0. The molecule has 0 atom stereocenters. The fourth-order valence-electron chi connectivity index (χ4n) is 3.74. The van der Waals surface area contributed by atoms with Crippen LogP contribution in [0.1, 0.15) is 22.8 Å². The van der Waals surface area contributed by atoms with Gasteiger partial charge in [0.1, 0.15) is 6.54 Å². The molecule has 156 valence electrons.